The Morgan fingerprint density at radius 3 is 2.27 bits per heavy atom. The number of thioether (sulfide) groups is 2. The number of nitrogens with one attached hydrogen (secondary N) is 1. The number of quaternary nitrogens is 1. The minimum Gasteiger partial charge on any atom is -0.440 e. The molecule has 0 spiro atoms. The molecule has 2 aromatic carbocycles. The maximum absolute atomic E-state index is 9.99. The van der Waals surface area contributed by atoms with Gasteiger partial charge in [-0.1, -0.05) is 31.2 Å². The lowest BCUT2D eigenvalue weighted by Gasteiger charge is -2.36. The molecular weight excluding hydrogens is 446 g/mol. The van der Waals surface area contributed by atoms with E-state index in [9.17, 15) is 5.26 Å². The molecule has 0 aromatic heterocycles. The number of allylic oxidation sites excluding steroid dienone is 1. The Bertz CT molecular complexity index is 1140. The second kappa shape index (κ2) is 10.6. The van der Waals surface area contributed by atoms with Gasteiger partial charge in [-0.25, -0.2) is 0 Å². The summed E-state index contributed by atoms with van der Waals surface area (Å²) in [6, 6.07) is 19.4. The number of nitriles is 1. The van der Waals surface area contributed by atoms with E-state index < -0.39 is 0 Å². The standard InChI is InChI=1S/C27H29N3OS2/c1-4-13-30-16-20(14-18-5-9-21(32-2)10-6-18)26-24(17-30)25(23(15-28)27(29)31-26)19-7-11-22(33-3)12-8-19/h5-12,14,25H,4,13,16-17,29H2,1-3H3/p+1/b20-14+/t25-/m1/s1. The summed E-state index contributed by atoms with van der Waals surface area (Å²) in [6.07, 6.45) is 7.47. The van der Waals surface area contributed by atoms with Crippen LogP contribution in [0.5, 0.6) is 0 Å². The predicted octanol–water partition coefficient (Wildman–Crippen LogP) is 4.58. The van der Waals surface area contributed by atoms with E-state index in [-0.39, 0.29) is 11.8 Å². The van der Waals surface area contributed by atoms with Crippen molar-refractivity contribution in [3.05, 3.63) is 88.0 Å². The molecule has 2 aliphatic rings. The minimum absolute atomic E-state index is 0.177. The summed E-state index contributed by atoms with van der Waals surface area (Å²) in [6.45, 7) is 5.01. The first-order valence-corrected chi connectivity index (χ1v) is 13.7. The second-order valence-electron chi connectivity index (χ2n) is 8.35. The van der Waals surface area contributed by atoms with E-state index in [1.807, 2.05) is 0 Å². The number of nitrogens with two attached hydrogens (primary N) is 1. The summed E-state index contributed by atoms with van der Waals surface area (Å²) in [5, 5.41) is 9.99. The van der Waals surface area contributed by atoms with Crippen LogP contribution in [0.15, 0.2) is 86.7 Å². The molecule has 0 aliphatic carbocycles. The first-order valence-electron chi connectivity index (χ1n) is 11.2. The average Bonchev–Trinajstić information content (AvgIpc) is 2.84. The van der Waals surface area contributed by atoms with E-state index in [1.165, 1.54) is 14.7 Å². The lowest BCUT2D eigenvalue weighted by molar-refractivity contribution is -0.892. The summed E-state index contributed by atoms with van der Waals surface area (Å²) >= 11 is 3.45. The molecule has 170 valence electrons. The Labute approximate surface area is 205 Å². The molecule has 0 saturated carbocycles. The van der Waals surface area contributed by atoms with Crippen molar-refractivity contribution in [3.63, 3.8) is 0 Å². The zero-order valence-corrected chi connectivity index (χ0v) is 21.0. The number of nitrogens with zero attached hydrogens (tertiary/aromatic N) is 1. The van der Waals surface area contributed by atoms with Crippen LogP contribution in [-0.2, 0) is 4.74 Å². The van der Waals surface area contributed by atoms with Crippen molar-refractivity contribution < 1.29 is 9.64 Å². The van der Waals surface area contributed by atoms with Gasteiger partial charge in [0.1, 0.15) is 30.5 Å². The quantitative estimate of drug-likeness (QED) is 0.598. The van der Waals surface area contributed by atoms with E-state index in [1.54, 1.807) is 23.5 Å². The molecule has 2 aliphatic heterocycles. The maximum Gasteiger partial charge on any atom is 0.205 e. The molecule has 0 fully saturated rings. The lowest BCUT2D eigenvalue weighted by atomic mass is 9.80. The molecule has 0 bridgehead atoms. The van der Waals surface area contributed by atoms with Crippen LogP contribution in [0.2, 0.25) is 0 Å². The fourth-order valence-electron chi connectivity index (χ4n) is 4.65. The fraction of sp³-hybridized carbons (Fsp3) is 0.296. The van der Waals surface area contributed by atoms with E-state index in [2.05, 4.69) is 80.1 Å². The van der Waals surface area contributed by atoms with Gasteiger partial charge in [0.25, 0.3) is 0 Å². The third kappa shape index (κ3) is 5.01. The van der Waals surface area contributed by atoms with Crippen molar-refractivity contribution in [2.45, 2.75) is 29.1 Å². The molecule has 2 heterocycles. The molecule has 33 heavy (non-hydrogen) atoms. The third-order valence-corrected chi connectivity index (χ3v) is 7.70. The third-order valence-electron chi connectivity index (χ3n) is 6.21. The van der Waals surface area contributed by atoms with Crippen LogP contribution in [-0.4, -0.2) is 32.1 Å². The van der Waals surface area contributed by atoms with Crippen molar-refractivity contribution in [1.29, 1.82) is 5.26 Å². The highest BCUT2D eigenvalue weighted by atomic mass is 32.2. The van der Waals surface area contributed by atoms with Crippen molar-refractivity contribution in [2.75, 3.05) is 32.1 Å². The Hall–Kier alpha value is -2.59. The largest absolute Gasteiger partial charge is 0.440 e. The van der Waals surface area contributed by atoms with E-state index in [4.69, 9.17) is 10.5 Å². The smallest absolute Gasteiger partial charge is 0.205 e. The summed E-state index contributed by atoms with van der Waals surface area (Å²) in [7, 11) is 0. The maximum atomic E-state index is 9.99. The van der Waals surface area contributed by atoms with Crippen LogP contribution < -0.4 is 10.6 Å². The zero-order valence-electron chi connectivity index (χ0n) is 19.4. The number of benzene rings is 2. The monoisotopic (exact) mass is 476 g/mol. The first-order chi connectivity index (χ1) is 16.1. The van der Waals surface area contributed by atoms with Crippen LogP contribution in [0, 0.1) is 11.3 Å². The van der Waals surface area contributed by atoms with Gasteiger partial charge in [0, 0.05) is 20.9 Å². The Balaban J connectivity index is 1.82. The molecule has 0 amide bonds. The second-order valence-corrected chi connectivity index (χ2v) is 10.1. The van der Waals surface area contributed by atoms with Crippen molar-refractivity contribution in [1.82, 2.24) is 0 Å². The van der Waals surface area contributed by atoms with E-state index >= 15 is 0 Å². The van der Waals surface area contributed by atoms with Crippen molar-refractivity contribution in [3.8, 4) is 6.07 Å². The molecule has 2 atom stereocenters. The number of ether oxygens (including phenoxy) is 1. The summed E-state index contributed by atoms with van der Waals surface area (Å²) < 4.78 is 6.17. The molecule has 0 radical (unpaired) electrons. The molecule has 2 aromatic rings. The zero-order chi connectivity index (χ0) is 23.4. The van der Waals surface area contributed by atoms with Gasteiger partial charge in [-0.15, -0.1) is 23.5 Å². The molecular formula is C27H30N3OS2+. The van der Waals surface area contributed by atoms with E-state index in [0.29, 0.717) is 5.57 Å². The van der Waals surface area contributed by atoms with Crippen LogP contribution in [0.1, 0.15) is 30.4 Å². The fourth-order valence-corrected chi connectivity index (χ4v) is 5.46. The summed E-state index contributed by atoms with van der Waals surface area (Å²) in [4.78, 5) is 3.93. The Kier molecular flexibility index (Phi) is 7.54. The number of rotatable bonds is 6. The van der Waals surface area contributed by atoms with Gasteiger partial charge in [0.15, 0.2) is 0 Å². The van der Waals surface area contributed by atoms with E-state index in [0.717, 1.165) is 54.1 Å². The van der Waals surface area contributed by atoms with Gasteiger partial charge in [-0.2, -0.15) is 5.26 Å². The van der Waals surface area contributed by atoms with Crippen LogP contribution in [0.25, 0.3) is 6.08 Å². The molecule has 0 saturated heterocycles. The van der Waals surface area contributed by atoms with Gasteiger partial charge in [-0.05, 0) is 60.4 Å². The van der Waals surface area contributed by atoms with Gasteiger partial charge in [0.2, 0.25) is 5.88 Å². The highest BCUT2D eigenvalue weighted by molar-refractivity contribution is 7.98. The summed E-state index contributed by atoms with van der Waals surface area (Å²) in [5.74, 6) is 0.890. The molecule has 1 unspecified atom stereocenters. The van der Waals surface area contributed by atoms with Gasteiger partial charge >= 0.3 is 0 Å². The van der Waals surface area contributed by atoms with Gasteiger partial charge in [-0.3, -0.25) is 0 Å². The van der Waals surface area contributed by atoms with Crippen molar-refractivity contribution >= 4 is 29.6 Å². The Morgan fingerprint density at radius 2 is 1.70 bits per heavy atom. The highest BCUT2D eigenvalue weighted by Crippen LogP contribution is 2.42. The topological polar surface area (TPSA) is 63.5 Å². The van der Waals surface area contributed by atoms with Crippen LogP contribution in [0.3, 0.4) is 0 Å². The van der Waals surface area contributed by atoms with Crippen molar-refractivity contribution in [2.24, 2.45) is 5.73 Å². The molecule has 4 rings (SSSR count). The Morgan fingerprint density at radius 1 is 1.06 bits per heavy atom. The normalized spacial score (nSPS) is 21.6. The van der Waals surface area contributed by atoms with Gasteiger partial charge in [0.05, 0.1) is 12.5 Å². The lowest BCUT2D eigenvalue weighted by Crippen LogP contribution is -3.13. The number of hydrogen-bond acceptors (Lipinski definition) is 5. The summed E-state index contributed by atoms with van der Waals surface area (Å²) in [5.41, 5.74) is 11.4. The average molecular weight is 477 g/mol. The highest BCUT2D eigenvalue weighted by Gasteiger charge is 2.39. The number of hydrogen-bond donors (Lipinski definition) is 2. The van der Waals surface area contributed by atoms with Crippen LogP contribution in [0.4, 0.5) is 0 Å². The SMILES string of the molecule is CCC[NH+]1CC2=C(OC(N)=C(C#N)[C@H]2c2ccc(SC)cc2)/C(=C/c2ccc(SC)cc2)C1. The van der Waals surface area contributed by atoms with Crippen LogP contribution >= 0.6 is 23.5 Å². The van der Waals surface area contributed by atoms with Gasteiger partial charge < -0.3 is 15.4 Å². The minimum atomic E-state index is -0.177. The molecule has 3 N–H and O–H groups in total. The predicted molar refractivity (Wildman–Crippen MR) is 138 cm³/mol. The molecule has 4 nitrogen and oxygen atoms in total. The first kappa shape index (κ1) is 23.6. The molecule has 6 heteroatoms.